The standard InChI is InChI=1S/C7H6BrO3S/c1-11-6-3-2-5(8)4-7(6)12(9)10/h3-4,12H,1H3. The third kappa shape index (κ3) is 1.98. The summed E-state index contributed by atoms with van der Waals surface area (Å²) in [5.41, 5.74) is 0. The molecule has 0 saturated heterocycles. The number of thiol groups is 1. The molecule has 0 aliphatic carbocycles. The Labute approximate surface area is 80.4 Å². The molecular weight excluding hydrogens is 244 g/mol. The number of ether oxygens (including phenoxy) is 1. The monoisotopic (exact) mass is 249 g/mol. The highest BCUT2D eigenvalue weighted by molar-refractivity contribution is 9.10. The quantitative estimate of drug-likeness (QED) is 0.803. The SMILES string of the molecule is COc1c[c]c(Br)cc1[SH](=O)=O. The largest absolute Gasteiger partial charge is 0.495 e. The van der Waals surface area contributed by atoms with Crippen molar-refractivity contribution in [2.24, 2.45) is 0 Å². The highest BCUT2D eigenvalue weighted by Gasteiger charge is 2.04. The van der Waals surface area contributed by atoms with Crippen LogP contribution >= 0.6 is 15.9 Å². The summed E-state index contributed by atoms with van der Waals surface area (Å²) in [6.07, 6.45) is 0. The first-order valence-electron chi connectivity index (χ1n) is 3.04. The van der Waals surface area contributed by atoms with E-state index in [-0.39, 0.29) is 4.90 Å². The van der Waals surface area contributed by atoms with Crippen molar-refractivity contribution >= 4 is 26.6 Å². The summed E-state index contributed by atoms with van der Waals surface area (Å²) in [6.45, 7) is 0. The van der Waals surface area contributed by atoms with Crippen molar-refractivity contribution in [1.82, 2.24) is 0 Å². The highest BCUT2D eigenvalue weighted by Crippen LogP contribution is 2.23. The molecule has 1 radical (unpaired) electrons. The molecule has 0 aliphatic rings. The van der Waals surface area contributed by atoms with E-state index in [9.17, 15) is 8.42 Å². The Kier molecular flexibility index (Phi) is 3.11. The highest BCUT2D eigenvalue weighted by atomic mass is 79.9. The number of halogens is 1. The normalized spacial score (nSPS) is 10.2. The number of methoxy groups -OCH3 is 1. The number of rotatable bonds is 2. The van der Waals surface area contributed by atoms with Crippen LogP contribution in [0.2, 0.25) is 0 Å². The van der Waals surface area contributed by atoms with Crippen LogP contribution in [0.3, 0.4) is 0 Å². The lowest BCUT2D eigenvalue weighted by Gasteiger charge is -2.01. The molecule has 0 spiro atoms. The topological polar surface area (TPSA) is 43.4 Å². The third-order valence-electron chi connectivity index (χ3n) is 1.27. The van der Waals surface area contributed by atoms with Crippen LogP contribution < -0.4 is 4.74 Å². The molecule has 3 nitrogen and oxygen atoms in total. The van der Waals surface area contributed by atoms with Gasteiger partial charge >= 0.3 is 0 Å². The first-order chi connectivity index (χ1) is 5.65. The molecule has 1 rings (SSSR count). The van der Waals surface area contributed by atoms with Crippen LogP contribution in [0.1, 0.15) is 0 Å². The minimum Gasteiger partial charge on any atom is -0.495 e. The second kappa shape index (κ2) is 3.91. The maximum atomic E-state index is 10.7. The fourth-order valence-electron chi connectivity index (χ4n) is 0.747. The predicted octanol–water partition coefficient (Wildman–Crippen LogP) is 1.23. The molecule has 0 saturated carbocycles. The first kappa shape index (κ1) is 9.54. The van der Waals surface area contributed by atoms with E-state index in [1.54, 1.807) is 0 Å². The lowest BCUT2D eigenvalue weighted by atomic mass is 10.3. The van der Waals surface area contributed by atoms with Crippen molar-refractivity contribution in [1.29, 1.82) is 0 Å². The third-order valence-corrected chi connectivity index (χ3v) is 2.47. The summed E-state index contributed by atoms with van der Waals surface area (Å²) in [5.74, 6) is 0.314. The molecule has 0 heterocycles. The molecule has 0 amide bonds. The molecule has 0 aromatic heterocycles. The maximum Gasteiger partial charge on any atom is 0.171 e. The molecule has 0 fully saturated rings. The second-order valence-corrected chi connectivity index (χ2v) is 3.84. The molecular formula is C7H6BrO3S. The lowest BCUT2D eigenvalue weighted by Crippen LogP contribution is -1.89. The van der Waals surface area contributed by atoms with Crippen molar-refractivity contribution in [2.45, 2.75) is 4.90 Å². The van der Waals surface area contributed by atoms with Gasteiger partial charge in [0.05, 0.1) is 7.11 Å². The van der Waals surface area contributed by atoms with E-state index in [2.05, 4.69) is 22.0 Å². The summed E-state index contributed by atoms with van der Waals surface area (Å²) >= 11 is 3.12. The zero-order valence-electron chi connectivity index (χ0n) is 6.20. The molecule has 0 N–H and O–H groups in total. The van der Waals surface area contributed by atoms with Crippen LogP contribution in [0.15, 0.2) is 21.5 Å². The Hall–Kier alpha value is -0.550. The van der Waals surface area contributed by atoms with E-state index < -0.39 is 10.7 Å². The zero-order valence-corrected chi connectivity index (χ0v) is 8.69. The van der Waals surface area contributed by atoms with Crippen molar-refractivity contribution in [2.75, 3.05) is 7.11 Å². The number of benzene rings is 1. The molecule has 65 valence electrons. The maximum absolute atomic E-state index is 10.7. The van der Waals surface area contributed by atoms with E-state index in [4.69, 9.17) is 4.74 Å². The van der Waals surface area contributed by atoms with E-state index in [0.717, 1.165) is 0 Å². The molecule has 5 heteroatoms. The average Bonchev–Trinajstić information content (AvgIpc) is 2.04. The van der Waals surface area contributed by atoms with Crippen molar-refractivity contribution in [3.05, 3.63) is 22.7 Å². The Balaban J connectivity index is 3.31. The van der Waals surface area contributed by atoms with Gasteiger partial charge < -0.3 is 4.74 Å². The van der Waals surface area contributed by atoms with Crippen molar-refractivity contribution < 1.29 is 13.2 Å². The Morgan fingerprint density at radius 1 is 1.58 bits per heavy atom. The van der Waals surface area contributed by atoms with Crippen LogP contribution in [0.4, 0.5) is 0 Å². The predicted molar refractivity (Wildman–Crippen MR) is 48.1 cm³/mol. The van der Waals surface area contributed by atoms with Crippen LogP contribution in [0.25, 0.3) is 0 Å². The van der Waals surface area contributed by atoms with Crippen LogP contribution in [-0.2, 0) is 10.7 Å². The van der Waals surface area contributed by atoms with Gasteiger partial charge in [0.1, 0.15) is 10.6 Å². The van der Waals surface area contributed by atoms with Crippen molar-refractivity contribution in [3.8, 4) is 5.75 Å². The Morgan fingerprint density at radius 3 is 2.75 bits per heavy atom. The van der Waals surface area contributed by atoms with Gasteiger partial charge in [-0.1, -0.05) is 15.9 Å². The van der Waals surface area contributed by atoms with Gasteiger partial charge in [0, 0.05) is 10.5 Å². The van der Waals surface area contributed by atoms with Crippen LogP contribution in [0, 0.1) is 6.07 Å². The van der Waals surface area contributed by atoms with E-state index in [1.165, 1.54) is 19.2 Å². The Morgan fingerprint density at radius 2 is 2.25 bits per heavy atom. The summed E-state index contributed by atoms with van der Waals surface area (Å²) in [7, 11) is -1.20. The molecule has 0 unspecified atom stereocenters. The zero-order chi connectivity index (χ0) is 9.14. The van der Waals surface area contributed by atoms with Gasteiger partial charge in [0.2, 0.25) is 0 Å². The van der Waals surface area contributed by atoms with Crippen LogP contribution in [-0.4, -0.2) is 15.5 Å². The fraction of sp³-hybridized carbons (Fsp3) is 0.143. The van der Waals surface area contributed by atoms with Crippen LogP contribution in [0.5, 0.6) is 5.75 Å². The van der Waals surface area contributed by atoms with E-state index in [0.29, 0.717) is 10.2 Å². The fourth-order valence-corrected chi connectivity index (χ4v) is 1.84. The van der Waals surface area contributed by atoms with Gasteiger partial charge in [-0.05, 0) is 12.1 Å². The molecule has 1 aromatic carbocycles. The molecule has 0 aliphatic heterocycles. The van der Waals surface area contributed by atoms with Gasteiger partial charge in [-0.25, -0.2) is 8.42 Å². The molecule has 12 heavy (non-hydrogen) atoms. The van der Waals surface area contributed by atoms with Gasteiger partial charge in [-0.15, -0.1) is 0 Å². The summed E-state index contributed by atoms with van der Waals surface area (Å²) < 4.78 is 26.7. The molecule has 1 aromatic rings. The second-order valence-electron chi connectivity index (χ2n) is 1.99. The number of hydrogen-bond donors (Lipinski definition) is 1. The summed E-state index contributed by atoms with van der Waals surface area (Å²) in [6, 6.07) is 5.70. The molecule has 0 bridgehead atoms. The van der Waals surface area contributed by atoms with Gasteiger partial charge in [0.25, 0.3) is 0 Å². The van der Waals surface area contributed by atoms with Gasteiger partial charge in [-0.3, -0.25) is 0 Å². The van der Waals surface area contributed by atoms with Gasteiger partial charge in [-0.2, -0.15) is 0 Å². The minimum absolute atomic E-state index is 0.165. The first-order valence-corrected chi connectivity index (χ1v) is 5.02. The van der Waals surface area contributed by atoms with Crippen molar-refractivity contribution in [3.63, 3.8) is 0 Å². The Bertz CT molecular complexity index is 352. The van der Waals surface area contributed by atoms with E-state index >= 15 is 0 Å². The summed E-state index contributed by atoms with van der Waals surface area (Å²) in [5, 5.41) is 0. The average molecular weight is 250 g/mol. The number of hydrogen-bond acceptors (Lipinski definition) is 3. The minimum atomic E-state index is -2.61. The van der Waals surface area contributed by atoms with Gasteiger partial charge in [0.15, 0.2) is 10.7 Å². The molecule has 0 atom stereocenters. The lowest BCUT2D eigenvalue weighted by molar-refractivity contribution is 0.403. The smallest absolute Gasteiger partial charge is 0.171 e. The van der Waals surface area contributed by atoms with E-state index in [1.807, 2.05) is 0 Å². The summed E-state index contributed by atoms with van der Waals surface area (Å²) in [4.78, 5) is 0.165.